The van der Waals surface area contributed by atoms with Gasteiger partial charge in [-0.2, -0.15) is 0 Å². The highest BCUT2D eigenvalue weighted by molar-refractivity contribution is 6.35. The average Bonchev–Trinajstić information content (AvgIpc) is 3.24. The van der Waals surface area contributed by atoms with E-state index in [1.54, 1.807) is 24.3 Å². The number of esters is 2. The van der Waals surface area contributed by atoms with Crippen molar-refractivity contribution in [2.75, 3.05) is 19.5 Å². The monoisotopic (exact) mass is 447 g/mol. The summed E-state index contributed by atoms with van der Waals surface area (Å²) in [6.07, 6.45) is 0. The molecule has 1 N–H and O–H groups in total. The topological polar surface area (TPSA) is 94.8 Å². The first-order valence-electron chi connectivity index (χ1n) is 8.50. The van der Waals surface area contributed by atoms with Gasteiger partial charge < -0.3 is 19.2 Å². The molecule has 0 radical (unpaired) electrons. The second-order valence-corrected chi connectivity index (χ2v) is 6.87. The number of rotatable bonds is 5. The van der Waals surface area contributed by atoms with Crippen LogP contribution in [-0.4, -0.2) is 32.1 Å². The number of hydrogen-bond acceptors (Lipinski definition) is 6. The lowest BCUT2D eigenvalue weighted by Crippen LogP contribution is -2.13. The molecule has 0 unspecified atom stereocenters. The summed E-state index contributed by atoms with van der Waals surface area (Å²) >= 11 is 12.2. The highest BCUT2D eigenvalue weighted by Crippen LogP contribution is 2.32. The number of anilines is 1. The van der Waals surface area contributed by atoms with Gasteiger partial charge in [-0.05, 0) is 48.5 Å². The molecule has 0 aliphatic heterocycles. The highest BCUT2D eigenvalue weighted by Gasteiger charge is 2.18. The number of benzene rings is 2. The minimum atomic E-state index is -0.674. The maximum atomic E-state index is 12.6. The molecule has 0 bridgehead atoms. The number of nitrogens with one attached hydrogen (secondary N) is 1. The fraction of sp³-hybridized carbons (Fsp3) is 0.0952. The van der Waals surface area contributed by atoms with Crippen LogP contribution in [0.2, 0.25) is 10.0 Å². The molecule has 3 aromatic rings. The number of halogens is 2. The van der Waals surface area contributed by atoms with Crippen molar-refractivity contribution in [1.29, 1.82) is 0 Å². The van der Waals surface area contributed by atoms with Gasteiger partial charge in [0.1, 0.15) is 5.76 Å². The minimum Gasteiger partial charge on any atom is -0.465 e. The number of hydrogen-bond donors (Lipinski definition) is 1. The van der Waals surface area contributed by atoms with Gasteiger partial charge in [0.15, 0.2) is 5.76 Å². The van der Waals surface area contributed by atoms with Gasteiger partial charge in [-0.25, -0.2) is 9.59 Å². The van der Waals surface area contributed by atoms with E-state index in [1.807, 2.05) is 0 Å². The van der Waals surface area contributed by atoms with E-state index in [2.05, 4.69) is 14.8 Å². The fourth-order valence-corrected chi connectivity index (χ4v) is 3.04. The van der Waals surface area contributed by atoms with Gasteiger partial charge in [0.2, 0.25) is 0 Å². The van der Waals surface area contributed by atoms with Crippen molar-refractivity contribution >= 4 is 46.7 Å². The van der Waals surface area contributed by atoms with Crippen LogP contribution in [0.1, 0.15) is 31.3 Å². The van der Waals surface area contributed by atoms with Crippen molar-refractivity contribution in [3.8, 4) is 11.3 Å². The first-order valence-corrected chi connectivity index (χ1v) is 9.26. The molecule has 0 saturated heterocycles. The Morgan fingerprint density at radius 2 is 1.50 bits per heavy atom. The Kier molecular flexibility index (Phi) is 6.44. The number of carbonyl (C=O) groups excluding carboxylic acids is 3. The quantitative estimate of drug-likeness (QED) is 0.547. The fourth-order valence-electron chi connectivity index (χ4n) is 2.65. The van der Waals surface area contributed by atoms with Gasteiger partial charge in [-0.15, -0.1) is 0 Å². The van der Waals surface area contributed by atoms with E-state index in [4.69, 9.17) is 27.6 Å². The van der Waals surface area contributed by atoms with Gasteiger partial charge >= 0.3 is 11.9 Å². The Hall–Kier alpha value is -3.29. The van der Waals surface area contributed by atoms with Crippen LogP contribution in [-0.2, 0) is 9.47 Å². The predicted molar refractivity (Wildman–Crippen MR) is 111 cm³/mol. The lowest BCUT2D eigenvalue weighted by molar-refractivity contribution is 0.0599. The summed E-state index contributed by atoms with van der Waals surface area (Å²) in [5.74, 6) is -1.60. The molecular weight excluding hydrogens is 433 g/mol. The minimum absolute atomic E-state index is 0.0101. The number of amides is 1. The summed E-state index contributed by atoms with van der Waals surface area (Å²) in [5, 5.41) is 3.46. The standard InChI is InChI=1S/C21H15Cl2NO6/c1-28-20(26)11-7-12(21(27)29-2)9-14(8-11)24-19(25)18-6-5-17(30-18)15-10-13(22)3-4-16(15)23/h3-10H,1-2H3,(H,24,25). The lowest BCUT2D eigenvalue weighted by Gasteiger charge is -2.09. The van der Waals surface area contributed by atoms with Crippen LogP contribution >= 0.6 is 23.2 Å². The third kappa shape index (κ3) is 4.64. The first kappa shape index (κ1) is 21.4. The van der Waals surface area contributed by atoms with E-state index >= 15 is 0 Å². The normalized spacial score (nSPS) is 10.4. The molecule has 0 aliphatic carbocycles. The van der Waals surface area contributed by atoms with Crippen LogP contribution in [0.5, 0.6) is 0 Å². The molecule has 1 amide bonds. The van der Waals surface area contributed by atoms with E-state index in [1.165, 1.54) is 38.5 Å². The molecule has 7 nitrogen and oxygen atoms in total. The molecule has 2 aromatic carbocycles. The zero-order valence-electron chi connectivity index (χ0n) is 15.8. The molecule has 0 saturated carbocycles. The van der Waals surface area contributed by atoms with Crippen LogP contribution in [0.4, 0.5) is 5.69 Å². The Morgan fingerprint density at radius 1 is 0.867 bits per heavy atom. The lowest BCUT2D eigenvalue weighted by atomic mass is 10.1. The van der Waals surface area contributed by atoms with Gasteiger partial charge in [-0.3, -0.25) is 4.79 Å². The van der Waals surface area contributed by atoms with Crippen LogP contribution in [0.25, 0.3) is 11.3 Å². The predicted octanol–water partition coefficient (Wildman–Crippen LogP) is 5.08. The van der Waals surface area contributed by atoms with Crippen LogP contribution < -0.4 is 5.32 Å². The number of ether oxygens (including phenoxy) is 2. The van der Waals surface area contributed by atoms with Crippen molar-refractivity contribution in [3.05, 3.63) is 75.5 Å². The third-order valence-electron chi connectivity index (χ3n) is 4.06. The molecule has 1 aromatic heterocycles. The van der Waals surface area contributed by atoms with Crippen molar-refractivity contribution in [3.63, 3.8) is 0 Å². The van der Waals surface area contributed by atoms with Crippen molar-refractivity contribution < 1.29 is 28.3 Å². The maximum absolute atomic E-state index is 12.6. The molecule has 30 heavy (non-hydrogen) atoms. The van der Waals surface area contributed by atoms with E-state index in [9.17, 15) is 14.4 Å². The Morgan fingerprint density at radius 3 is 2.10 bits per heavy atom. The molecule has 0 fully saturated rings. The summed E-state index contributed by atoms with van der Waals surface area (Å²) in [5.41, 5.74) is 0.856. The molecule has 154 valence electrons. The highest BCUT2D eigenvalue weighted by atomic mass is 35.5. The number of carbonyl (C=O) groups is 3. The van der Waals surface area contributed by atoms with E-state index < -0.39 is 17.8 Å². The average molecular weight is 448 g/mol. The molecule has 0 spiro atoms. The second kappa shape index (κ2) is 9.02. The molecule has 1 heterocycles. The van der Waals surface area contributed by atoms with E-state index in [0.717, 1.165) is 0 Å². The van der Waals surface area contributed by atoms with Gasteiger partial charge in [0, 0.05) is 16.3 Å². The summed E-state index contributed by atoms with van der Waals surface area (Å²) in [7, 11) is 2.41. The van der Waals surface area contributed by atoms with Crippen LogP contribution in [0, 0.1) is 0 Å². The summed E-state index contributed by atoms with van der Waals surface area (Å²) in [4.78, 5) is 36.4. The first-order chi connectivity index (χ1) is 14.3. The number of furan rings is 1. The van der Waals surface area contributed by atoms with Gasteiger partial charge in [0.25, 0.3) is 5.91 Å². The van der Waals surface area contributed by atoms with Crippen molar-refractivity contribution in [2.45, 2.75) is 0 Å². The zero-order valence-corrected chi connectivity index (χ0v) is 17.3. The Labute approximate surface area is 181 Å². The van der Waals surface area contributed by atoms with Crippen LogP contribution in [0.15, 0.2) is 52.9 Å². The van der Waals surface area contributed by atoms with E-state index in [-0.39, 0.29) is 22.6 Å². The third-order valence-corrected chi connectivity index (χ3v) is 4.62. The summed E-state index contributed by atoms with van der Waals surface area (Å²) in [6.45, 7) is 0. The second-order valence-electron chi connectivity index (χ2n) is 6.02. The van der Waals surface area contributed by atoms with Crippen LogP contribution in [0.3, 0.4) is 0 Å². The molecular formula is C21H15Cl2NO6. The van der Waals surface area contributed by atoms with Crippen molar-refractivity contribution in [1.82, 2.24) is 0 Å². The summed E-state index contributed by atoms with van der Waals surface area (Å²) in [6, 6.07) is 12.0. The Balaban J connectivity index is 1.89. The van der Waals surface area contributed by atoms with Gasteiger partial charge in [0.05, 0.1) is 30.4 Å². The molecule has 0 atom stereocenters. The Bertz CT molecular complexity index is 1100. The summed E-state index contributed by atoms with van der Waals surface area (Å²) < 4.78 is 15.0. The van der Waals surface area contributed by atoms with Gasteiger partial charge in [-0.1, -0.05) is 23.2 Å². The number of methoxy groups -OCH3 is 2. The maximum Gasteiger partial charge on any atom is 0.337 e. The molecule has 9 heteroatoms. The van der Waals surface area contributed by atoms with Crippen molar-refractivity contribution in [2.24, 2.45) is 0 Å². The largest absolute Gasteiger partial charge is 0.465 e. The zero-order chi connectivity index (χ0) is 21.8. The SMILES string of the molecule is COC(=O)c1cc(NC(=O)c2ccc(-c3cc(Cl)ccc3Cl)o2)cc(C(=O)OC)c1. The molecule has 3 rings (SSSR count). The van der Waals surface area contributed by atoms with E-state index in [0.29, 0.717) is 21.4 Å². The molecule has 0 aliphatic rings. The smallest absolute Gasteiger partial charge is 0.337 e.